The molecule has 5 heteroatoms. The van der Waals surface area contributed by atoms with Gasteiger partial charge in [-0.2, -0.15) is 5.26 Å². The number of aliphatic carboxylic acids is 1. The van der Waals surface area contributed by atoms with Crippen molar-refractivity contribution in [2.45, 2.75) is 39.5 Å². The predicted molar refractivity (Wildman–Crippen MR) is 75.5 cm³/mol. The summed E-state index contributed by atoms with van der Waals surface area (Å²) in [5.74, 6) is -0.193. The van der Waals surface area contributed by atoms with Gasteiger partial charge in [-0.15, -0.1) is 0 Å². The van der Waals surface area contributed by atoms with E-state index in [1.165, 1.54) is 0 Å². The second-order valence-corrected chi connectivity index (χ2v) is 5.69. The van der Waals surface area contributed by atoms with Crippen molar-refractivity contribution in [3.8, 4) is 6.07 Å². The second-order valence-electron chi connectivity index (χ2n) is 5.69. The molecular weight excluding hydrogens is 254 g/mol. The molecule has 1 aromatic rings. The third kappa shape index (κ3) is 2.90. The molecule has 1 aliphatic rings. The third-order valence-corrected chi connectivity index (χ3v) is 4.03. The number of nitrogens with one attached hydrogen (secondary N) is 1. The zero-order valence-corrected chi connectivity index (χ0v) is 11.9. The highest BCUT2D eigenvalue weighted by Gasteiger charge is 2.39. The molecule has 1 aromatic heterocycles. The average molecular weight is 273 g/mol. The lowest BCUT2D eigenvalue weighted by molar-refractivity contribution is -0.141. The van der Waals surface area contributed by atoms with Crippen LogP contribution >= 0.6 is 0 Å². The Morgan fingerprint density at radius 1 is 1.55 bits per heavy atom. The molecule has 106 valence electrons. The van der Waals surface area contributed by atoms with Crippen LogP contribution in [0.3, 0.4) is 0 Å². The molecule has 2 N–H and O–H groups in total. The van der Waals surface area contributed by atoms with Crippen molar-refractivity contribution < 1.29 is 9.90 Å². The topological polar surface area (TPSA) is 86.0 Å². The van der Waals surface area contributed by atoms with E-state index in [1.54, 1.807) is 0 Å². The summed E-state index contributed by atoms with van der Waals surface area (Å²) in [5.41, 5.74) is 2.10. The van der Waals surface area contributed by atoms with Crippen LogP contribution in [0.25, 0.3) is 0 Å². The van der Waals surface area contributed by atoms with E-state index >= 15 is 0 Å². The molecule has 0 atom stereocenters. The summed E-state index contributed by atoms with van der Waals surface area (Å²) in [7, 11) is 0. The van der Waals surface area contributed by atoms with Gasteiger partial charge >= 0.3 is 5.97 Å². The maximum Gasteiger partial charge on any atom is 0.303 e. The van der Waals surface area contributed by atoms with Crippen LogP contribution in [0.1, 0.15) is 42.5 Å². The minimum absolute atomic E-state index is 0.173. The normalized spacial score (nSPS) is 16.1. The highest BCUT2D eigenvalue weighted by Crippen LogP contribution is 2.44. The van der Waals surface area contributed by atoms with Crippen molar-refractivity contribution in [1.29, 1.82) is 5.26 Å². The first kappa shape index (κ1) is 14.3. The largest absolute Gasteiger partial charge is 0.481 e. The molecule has 20 heavy (non-hydrogen) atoms. The molecule has 0 bridgehead atoms. The first-order valence-electron chi connectivity index (χ1n) is 6.80. The first-order chi connectivity index (χ1) is 9.46. The molecular formula is C15H19N3O2. The van der Waals surface area contributed by atoms with E-state index in [2.05, 4.69) is 16.4 Å². The van der Waals surface area contributed by atoms with Gasteiger partial charge in [-0.25, -0.2) is 4.98 Å². The molecule has 5 nitrogen and oxygen atoms in total. The Bertz CT molecular complexity index is 571. The number of pyridine rings is 1. The third-order valence-electron chi connectivity index (χ3n) is 4.03. The Hall–Kier alpha value is -2.09. The number of aryl methyl sites for hydroxylation is 2. The van der Waals surface area contributed by atoms with Crippen LogP contribution in [-0.2, 0) is 4.79 Å². The van der Waals surface area contributed by atoms with Gasteiger partial charge in [-0.05, 0) is 43.7 Å². The van der Waals surface area contributed by atoms with Gasteiger partial charge in [0.2, 0.25) is 0 Å². The molecule has 0 aliphatic heterocycles. The summed E-state index contributed by atoms with van der Waals surface area (Å²) < 4.78 is 0. The van der Waals surface area contributed by atoms with Crippen LogP contribution in [0.4, 0.5) is 5.82 Å². The standard InChI is InChI=1S/C15H19N3O2/c1-10-6-11(2)18-14(12(10)8-16)17-9-15(4-3-5-15)7-13(19)20/h6H,3-5,7,9H2,1-2H3,(H,17,18)(H,19,20). The van der Waals surface area contributed by atoms with E-state index in [-0.39, 0.29) is 11.8 Å². The molecule has 1 heterocycles. The van der Waals surface area contributed by atoms with E-state index in [0.717, 1.165) is 30.5 Å². The number of anilines is 1. The van der Waals surface area contributed by atoms with Crippen molar-refractivity contribution in [2.75, 3.05) is 11.9 Å². The maximum atomic E-state index is 11.0. The SMILES string of the molecule is Cc1cc(C)c(C#N)c(NCC2(CC(=O)O)CCC2)n1. The Kier molecular flexibility index (Phi) is 3.93. The smallest absolute Gasteiger partial charge is 0.303 e. The van der Waals surface area contributed by atoms with Gasteiger partial charge < -0.3 is 10.4 Å². The number of carboxylic acid groups (broad SMARTS) is 1. The number of nitrogens with zero attached hydrogens (tertiary/aromatic N) is 2. The summed E-state index contributed by atoms with van der Waals surface area (Å²) in [6, 6.07) is 4.04. The van der Waals surface area contributed by atoms with Gasteiger partial charge in [-0.3, -0.25) is 4.79 Å². The molecule has 1 aliphatic carbocycles. The number of hydrogen-bond donors (Lipinski definition) is 2. The monoisotopic (exact) mass is 273 g/mol. The quantitative estimate of drug-likeness (QED) is 0.861. The van der Waals surface area contributed by atoms with Crippen LogP contribution in [0.5, 0.6) is 0 Å². The van der Waals surface area contributed by atoms with E-state index in [4.69, 9.17) is 5.11 Å². The Labute approximate surface area is 118 Å². The fraction of sp³-hybridized carbons (Fsp3) is 0.533. The van der Waals surface area contributed by atoms with E-state index in [1.807, 2.05) is 19.9 Å². The summed E-state index contributed by atoms with van der Waals surface area (Å²) in [6.45, 7) is 4.33. The molecule has 0 spiro atoms. The summed E-state index contributed by atoms with van der Waals surface area (Å²) in [4.78, 5) is 15.3. The fourth-order valence-corrected chi connectivity index (χ4v) is 2.79. The zero-order chi connectivity index (χ0) is 14.8. The van der Waals surface area contributed by atoms with E-state index < -0.39 is 5.97 Å². The van der Waals surface area contributed by atoms with Crippen molar-refractivity contribution in [1.82, 2.24) is 4.98 Å². The molecule has 1 saturated carbocycles. The first-order valence-corrected chi connectivity index (χ1v) is 6.80. The average Bonchev–Trinajstić information content (AvgIpc) is 2.31. The van der Waals surface area contributed by atoms with Crippen LogP contribution in [-0.4, -0.2) is 22.6 Å². The Morgan fingerprint density at radius 3 is 2.75 bits per heavy atom. The maximum absolute atomic E-state index is 11.0. The van der Waals surface area contributed by atoms with Crippen LogP contribution in [0.2, 0.25) is 0 Å². The van der Waals surface area contributed by atoms with Gasteiger partial charge in [0.15, 0.2) is 0 Å². The summed E-state index contributed by atoms with van der Waals surface area (Å²) in [6.07, 6.45) is 3.07. The molecule has 2 rings (SSSR count). The molecule has 0 radical (unpaired) electrons. The van der Waals surface area contributed by atoms with Crippen LogP contribution in [0, 0.1) is 30.6 Å². The van der Waals surface area contributed by atoms with Gasteiger partial charge in [0.1, 0.15) is 11.9 Å². The number of nitriles is 1. The van der Waals surface area contributed by atoms with Gasteiger partial charge in [-0.1, -0.05) is 6.42 Å². The molecule has 1 fully saturated rings. The van der Waals surface area contributed by atoms with Gasteiger partial charge in [0.25, 0.3) is 0 Å². The number of carbonyl (C=O) groups is 1. The van der Waals surface area contributed by atoms with Crippen LogP contribution < -0.4 is 5.32 Å². The summed E-state index contributed by atoms with van der Waals surface area (Å²) >= 11 is 0. The molecule has 0 saturated heterocycles. The highest BCUT2D eigenvalue weighted by molar-refractivity contribution is 5.68. The zero-order valence-electron chi connectivity index (χ0n) is 11.9. The molecule has 0 amide bonds. The Morgan fingerprint density at radius 2 is 2.25 bits per heavy atom. The van der Waals surface area contributed by atoms with E-state index in [9.17, 15) is 10.1 Å². The number of carboxylic acids is 1. The fourth-order valence-electron chi connectivity index (χ4n) is 2.79. The minimum atomic E-state index is -0.764. The number of rotatable bonds is 5. The van der Waals surface area contributed by atoms with Crippen molar-refractivity contribution in [3.05, 3.63) is 22.9 Å². The van der Waals surface area contributed by atoms with Crippen molar-refractivity contribution in [2.24, 2.45) is 5.41 Å². The van der Waals surface area contributed by atoms with E-state index in [0.29, 0.717) is 17.9 Å². The highest BCUT2D eigenvalue weighted by atomic mass is 16.4. The molecule has 0 unspecified atom stereocenters. The number of hydrogen-bond acceptors (Lipinski definition) is 4. The van der Waals surface area contributed by atoms with Gasteiger partial charge in [0.05, 0.1) is 12.0 Å². The van der Waals surface area contributed by atoms with Gasteiger partial charge in [0, 0.05) is 12.2 Å². The lowest BCUT2D eigenvalue weighted by Gasteiger charge is -2.41. The lowest BCUT2D eigenvalue weighted by Crippen LogP contribution is -2.38. The number of aromatic nitrogens is 1. The predicted octanol–water partition coefficient (Wildman–Crippen LogP) is 2.63. The minimum Gasteiger partial charge on any atom is -0.481 e. The second kappa shape index (κ2) is 5.49. The Balaban J connectivity index is 2.15. The lowest BCUT2D eigenvalue weighted by atomic mass is 9.66. The summed E-state index contributed by atoms with van der Waals surface area (Å²) in [5, 5.41) is 21.4. The van der Waals surface area contributed by atoms with Crippen molar-refractivity contribution in [3.63, 3.8) is 0 Å². The van der Waals surface area contributed by atoms with Crippen LogP contribution in [0.15, 0.2) is 6.07 Å². The van der Waals surface area contributed by atoms with Crippen molar-refractivity contribution >= 4 is 11.8 Å². The molecule has 0 aromatic carbocycles.